The number of thioether (sulfide) groups is 1. The van der Waals surface area contributed by atoms with E-state index in [0.29, 0.717) is 11.1 Å². The van der Waals surface area contributed by atoms with Crippen LogP contribution in [0.25, 0.3) is 11.5 Å². The highest BCUT2D eigenvalue weighted by Crippen LogP contribution is 2.23. The first-order valence-corrected chi connectivity index (χ1v) is 11.2. The van der Waals surface area contributed by atoms with E-state index in [-0.39, 0.29) is 17.7 Å². The van der Waals surface area contributed by atoms with Crippen LogP contribution in [-0.2, 0) is 11.3 Å². The van der Waals surface area contributed by atoms with Gasteiger partial charge in [0.05, 0.1) is 5.75 Å². The summed E-state index contributed by atoms with van der Waals surface area (Å²) < 4.78 is 5.67. The van der Waals surface area contributed by atoms with Gasteiger partial charge in [-0.05, 0) is 37.5 Å². The van der Waals surface area contributed by atoms with Gasteiger partial charge in [0.1, 0.15) is 0 Å². The van der Waals surface area contributed by atoms with Gasteiger partial charge in [-0.15, -0.1) is 10.2 Å². The number of likely N-dealkylation sites (tertiary alicyclic amines) is 1. The van der Waals surface area contributed by atoms with Crippen LogP contribution in [0.3, 0.4) is 0 Å². The Labute approximate surface area is 181 Å². The molecular formula is C23H26N4O2S. The second-order valence-electron chi connectivity index (χ2n) is 7.63. The van der Waals surface area contributed by atoms with E-state index in [0.717, 1.165) is 38.0 Å². The number of aromatic nitrogens is 2. The topological polar surface area (TPSA) is 71.3 Å². The lowest BCUT2D eigenvalue weighted by molar-refractivity contribution is -0.119. The first-order valence-electron chi connectivity index (χ1n) is 10.2. The lowest BCUT2D eigenvalue weighted by Gasteiger charge is -2.32. The molecule has 1 saturated heterocycles. The number of amides is 1. The molecule has 7 heteroatoms. The quantitative estimate of drug-likeness (QED) is 0.582. The Hall–Kier alpha value is -2.64. The molecule has 0 saturated carbocycles. The summed E-state index contributed by atoms with van der Waals surface area (Å²) in [5, 5.41) is 11.7. The van der Waals surface area contributed by atoms with Gasteiger partial charge in [0, 0.05) is 31.2 Å². The largest absolute Gasteiger partial charge is 0.411 e. The first-order chi connectivity index (χ1) is 14.7. The van der Waals surface area contributed by atoms with Crippen LogP contribution < -0.4 is 5.32 Å². The van der Waals surface area contributed by atoms with Crippen molar-refractivity contribution in [1.82, 2.24) is 20.4 Å². The normalized spacial score (nSPS) is 15.2. The summed E-state index contributed by atoms with van der Waals surface area (Å²) in [6.45, 7) is 5.00. The summed E-state index contributed by atoms with van der Waals surface area (Å²) >= 11 is 1.28. The molecule has 156 valence electrons. The third-order valence-corrected chi connectivity index (χ3v) is 6.05. The smallest absolute Gasteiger partial charge is 0.277 e. The monoisotopic (exact) mass is 422 g/mol. The third kappa shape index (κ3) is 5.70. The van der Waals surface area contributed by atoms with Crippen molar-refractivity contribution in [2.24, 2.45) is 0 Å². The number of nitrogens with zero attached hydrogens (tertiary/aromatic N) is 3. The Morgan fingerprint density at radius 2 is 1.83 bits per heavy atom. The van der Waals surface area contributed by atoms with Gasteiger partial charge >= 0.3 is 0 Å². The summed E-state index contributed by atoms with van der Waals surface area (Å²) in [5.41, 5.74) is 3.39. The molecule has 1 aliphatic heterocycles. The molecule has 1 fully saturated rings. The van der Waals surface area contributed by atoms with Crippen LogP contribution in [-0.4, -0.2) is 45.9 Å². The Bertz CT molecular complexity index is 951. The molecule has 0 aliphatic carbocycles. The molecule has 1 aromatic heterocycles. The van der Waals surface area contributed by atoms with E-state index < -0.39 is 0 Å². The Balaban J connectivity index is 1.19. The number of piperidine rings is 1. The molecule has 0 unspecified atom stereocenters. The molecular weight excluding hydrogens is 396 g/mol. The van der Waals surface area contributed by atoms with Crippen molar-refractivity contribution in [2.75, 3.05) is 18.8 Å². The molecule has 3 aromatic rings. The van der Waals surface area contributed by atoms with Crippen molar-refractivity contribution in [2.45, 2.75) is 37.6 Å². The van der Waals surface area contributed by atoms with Crippen molar-refractivity contribution in [3.05, 3.63) is 65.7 Å². The standard InChI is InChI=1S/C23H26N4O2S/c1-17-7-9-19(10-8-17)22-25-26-23(29-22)30-16-21(28)24-20-11-13-27(14-12-20)15-18-5-3-2-4-6-18/h2-10,20H,11-16H2,1H3,(H,24,28). The van der Waals surface area contributed by atoms with E-state index >= 15 is 0 Å². The number of nitrogens with one attached hydrogen (secondary N) is 1. The predicted molar refractivity (Wildman–Crippen MR) is 118 cm³/mol. The van der Waals surface area contributed by atoms with E-state index in [1.807, 2.05) is 37.3 Å². The summed E-state index contributed by atoms with van der Waals surface area (Å²) in [6.07, 6.45) is 1.95. The zero-order valence-electron chi connectivity index (χ0n) is 17.1. The highest BCUT2D eigenvalue weighted by molar-refractivity contribution is 7.99. The SMILES string of the molecule is Cc1ccc(-c2nnc(SCC(=O)NC3CCN(Cc4ccccc4)CC3)o2)cc1. The zero-order valence-corrected chi connectivity index (χ0v) is 17.9. The fourth-order valence-corrected chi connectivity index (χ4v) is 4.13. The summed E-state index contributed by atoms with van der Waals surface area (Å²) in [4.78, 5) is 14.8. The van der Waals surface area contributed by atoms with Gasteiger partial charge in [0.2, 0.25) is 11.8 Å². The number of benzene rings is 2. The molecule has 2 heterocycles. The number of aryl methyl sites for hydroxylation is 1. The molecule has 0 radical (unpaired) electrons. The molecule has 6 nitrogen and oxygen atoms in total. The van der Waals surface area contributed by atoms with Gasteiger partial charge in [-0.2, -0.15) is 0 Å². The van der Waals surface area contributed by atoms with Gasteiger partial charge in [-0.3, -0.25) is 9.69 Å². The third-order valence-electron chi connectivity index (χ3n) is 5.23. The molecule has 0 spiro atoms. The minimum absolute atomic E-state index is 0.0107. The maximum atomic E-state index is 12.3. The number of hydrogen-bond acceptors (Lipinski definition) is 6. The molecule has 1 amide bonds. The van der Waals surface area contributed by atoms with Crippen LogP contribution in [0.15, 0.2) is 64.2 Å². The molecule has 1 aliphatic rings. The minimum Gasteiger partial charge on any atom is -0.411 e. The maximum absolute atomic E-state index is 12.3. The Kier molecular flexibility index (Phi) is 6.81. The predicted octanol–water partition coefficient (Wildman–Crippen LogP) is 3.92. The molecule has 0 atom stereocenters. The van der Waals surface area contributed by atoms with Gasteiger partial charge in [-0.1, -0.05) is 59.8 Å². The Morgan fingerprint density at radius 3 is 2.57 bits per heavy atom. The van der Waals surface area contributed by atoms with Crippen molar-refractivity contribution < 1.29 is 9.21 Å². The number of carbonyl (C=O) groups is 1. The van der Waals surface area contributed by atoms with Gasteiger partial charge in [-0.25, -0.2) is 0 Å². The van der Waals surface area contributed by atoms with Gasteiger partial charge < -0.3 is 9.73 Å². The summed E-state index contributed by atoms with van der Waals surface area (Å²) in [6, 6.07) is 18.7. The second kappa shape index (κ2) is 9.91. The summed E-state index contributed by atoms with van der Waals surface area (Å²) in [7, 11) is 0. The minimum atomic E-state index is 0.0107. The van der Waals surface area contributed by atoms with E-state index in [4.69, 9.17) is 4.42 Å². The van der Waals surface area contributed by atoms with E-state index in [1.54, 1.807) is 0 Å². The van der Waals surface area contributed by atoms with E-state index in [1.165, 1.54) is 22.9 Å². The van der Waals surface area contributed by atoms with E-state index in [9.17, 15) is 4.79 Å². The van der Waals surface area contributed by atoms with Crippen LogP contribution >= 0.6 is 11.8 Å². The van der Waals surface area contributed by atoms with Crippen LogP contribution in [0.4, 0.5) is 0 Å². The average molecular weight is 423 g/mol. The molecule has 30 heavy (non-hydrogen) atoms. The van der Waals surface area contributed by atoms with Crippen molar-refractivity contribution in [3.63, 3.8) is 0 Å². The Morgan fingerprint density at radius 1 is 1.10 bits per heavy atom. The lowest BCUT2D eigenvalue weighted by Crippen LogP contribution is -2.44. The van der Waals surface area contributed by atoms with Crippen LogP contribution in [0.2, 0.25) is 0 Å². The average Bonchev–Trinajstić information content (AvgIpc) is 3.24. The van der Waals surface area contributed by atoms with Crippen molar-refractivity contribution in [3.8, 4) is 11.5 Å². The lowest BCUT2D eigenvalue weighted by atomic mass is 10.0. The number of hydrogen-bond donors (Lipinski definition) is 1. The van der Waals surface area contributed by atoms with Gasteiger partial charge in [0.25, 0.3) is 5.22 Å². The second-order valence-corrected chi connectivity index (χ2v) is 8.56. The van der Waals surface area contributed by atoms with Gasteiger partial charge in [0.15, 0.2) is 0 Å². The number of rotatable bonds is 7. The molecule has 0 bridgehead atoms. The molecule has 1 N–H and O–H groups in total. The fourth-order valence-electron chi connectivity index (χ4n) is 3.55. The highest BCUT2D eigenvalue weighted by atomic mass is 32.2. The number of carbonyl (C=O) groups excluding carboxylic acids is 1. The molecule has 2 aromatic carbocycles. The van der Waals surface area contributed by atoms with Crippen LogP contribution in [0.1, 0.15) is 24.0 Å². The maximum Gasteiger partial charge on any atom is 0.277 e. The highest BCUT2D eigenvalue weighted by Gasteiger charge is 2.21. The molecule has 4 rings (SSSR count). The van der Waals surface area contributed by atoms with Crippen molar-refractivity contribution in [1.29, 1.82) is 0 Å². The zero-order chi connectivity index (χ0) is 20.8. The summed E-state index contributed by atoms with van der Waals surface area (Å²) in [5.74, 6) is 0.764. The first kappa shape index (κ1) is 20.6. The fraction of sp³-hybridized carbons (Fsp3) is 0.348. The van der Waals surface area contributed by atoms with Crippen LogP contribution in [0.5, 0.6) is 0 Å². The van der Waals surface area contributed by atoms with E-state index in [2.05, 4.69) is 44.7 Å². The van der Waals surface area contributed by atoms with Crippen molar-refractivity contribution >= 4 is 17.7 Å². The van der Waals surface area contributed by atoms with Crippen LogP contribution in [0, 0.1) is 6.92 Å².